The number of hydrogen-bond acceptors (Lipinski definition) is 4. The Balaban J connectivity index is 3.00. The summed E-state index contributed by atoms with van der Waals surface area (Å²) in [6, 6.07) is 2.46. The third kappa shape index (κ3) is 2.97. The maximum atomic E-state index is 8.87. The van der Waals surface area contributed by atoms with Gasteiger partial charge in [0.25, 0.3) is 0 Å². The molecular weight excluding hydrogens is 212 g/mol. The molecule has 1 atom stereocenters. The quantitative estimate of drug-likeness (QED) is 0.264. The minimum atomic E-state index is 0.376. The fourth-order valence-electron chi connectivity index (χ4n) is 2.00. The van der Waals surface area contributed by atoms with Crippen molar-refractivity contribution in [1.29, 1.82) is 5.26 Å². The van der Waals surface area contributed by atoms with Crippen LogP contribution in [-0.2, 0) is 0 Å². The lowest BCUT2D eigenvalue weighted by Crippen LogP contribution is -2.27. The van der Waals surface area contributed by atoms with E-state index in [1.54, 1.807) is 6.08 Å². The molecule has 1 rings (SSSR count). The van der Waals surface area contributed by atoms with Crippen molar-refractivity contribution < 1.29 is 0 Å². The molecule has 0 radical (unpaired) electrons. The molecule has 1 aliphatic rings. The fourth-order valence-corrected chi connectivity index (χ4v) is 2.00. The smallest absolute Gasteiger partial charge is 0.0992 e. The zero-order valence-electron chi connectivity index (χ0n) is 10.2. The molecule has 1 heterocycles. The average molecular weight is 230 g/mol. The van der Waals surface area contributed by atoms with Crippen molar-refractivity contribution in [2.24, 2.45) is 10.9 Å². The van der Waals surface area contributed by atoms with Gasteiger partial charge in [0, 0.05) is 30.1 Å². The molecule has 1 unspecified atom stereocenters. The van der Waals surface area contributed by atoms with Crippen LogP contribution in [0.5, 0.6) is 0 Å². The molecule has 4 heteroatoms. The van der Waals surface area contributed by atoms with E-state index in [9.17, 15) is 0 Å². The lowest BCUT2D eigenvalue weighted by Gasteiger charge is -2.27. The van der Waals surface area contributed by atoms with Crippen LogP contribution in [0, 0.1) is 11.3 Å². The van der Waals surface area contributed by atoms with E-state index in [1.165, 1.54) is 6.21 Å². The first kappa shape index (κ1) is 13.0. The van der Waals surface area contributed by atoms with Crippen LogP contribution in [0.15, 0.2) is 41.2 Å². The Morgan fingerprint density at radius 3 is 2.76 bits per heavy atom. The van der Waals surface area contributed by atoms with Gasteiger partial charge >= 0.3 is 0 Å². The molecule has 17 heavy (non-hydrogen) atoms. The summed E-state index contributed by atoms with van der Waals surface area (Å²) >= 11 is 0. The first-order valence-electron chi connectivity index (χ1n) is 5.60. The van der Waals surface area contributed by atoms with Crippen LogP contribution in [0.1, 0.15) is 19.8 Å². The van der Waals surface area contributed by atoms with Crippen LogP contribution in [0.2, 0.25) is 0 Å². The lowest BCUT2D eigenvalue weighted by molar-refractivity contribution is 0.348. The van der Waals surface area contributed by atoms with Crippen LogP contribution < -0.4 is 5.84 Å². The maximum absolute atomic E-state index is 8.87. The topological polar surface area (TPSA) is 65.4 Å². The number of nitriles is 1. The molecule has 1 aliphatic heterocycles. The largest absolute Gasteiger partial charge is 0.368 e. The van der Waals surface area contributed by atoms with E-state index in [2.05, 4.69) is 30.1 Å². The zero-order valence-corrected chi connectivity index (χ0v) is 10.2. The highest BCUT2D eigenvalue weighted by Gasteiger charge is 2.24. The number of likely N-dealkylation sites (tertiary alicyclic amines) is 1. The van der Waals surface area contributed by atoms with Gasteiger partial charge in [0.1, 0.15) is 0 Å². The second-order valence-electron chi connectivity index (χ2n) is 4.10. The van der Waals surface area contributed by atoms with E-state index < -0.39 is 0 Å². The minimum absolute atomic E-state index is 0.376. The molecule has 4 nitrogen and oxygen atoms in total. The third-order valence-corrected chi connectivity index (χ3v) is 2.99. The number of rotatable bonds is 4. The standard InChI is InChI=1S/C13H18N4/c1-10(9-14)12(3)13(6-7-16-15)17-8-4-5-11(17)2/h6-7,11H,1,3-5,8,15H2,2H3/b13-6+,16-7-. The SMILES string of the molecule is C=C(C#N)C(=C)/C(=C\C=N/N)N1CCCC1C. The predicted molar refractivity (Wildman–Crippen MR) is 70.1 cm³/mol. The zero-order chi connectivity index (χ0) is 12.8. The number of hydrogen-bond donors (Lipinski definition) is 1. The highest BCUT2D eigenvalue weighted by Crippen LogP contribution is 2.27. The summed E-state index contributed by atoms with van der Waals surface area (Å²) in [5.74, 6) is 5.11. The first-order valence-corrected chi connectivity index (χ1v) is 5.60. The van der Waals surface area contributed by atoms with E-state index in [1.807, 2.05) is 6.07 Å². The maximum Gasteiger partial charge on any atom is 0.0992 e. The molecule has 0 aromatic rings. The predicted octanol–water partition coefficient (Wildman–Crippen LogP) is 1.94. The Bertz CT molecular complexity index is 412. The van der Waals surface area contributed by atoms with Crippen LogP contribution in [0.4, 0.5) is 0 Å². The van der Waals surface area contributed by atoms with Crippen molar-refractivity contribution in [2.75, 3.05) is 6.54 Å². The van der Waals surface area contributed by atoms with Crippen LogP contribution in [0.25, 0.3) is 0 Å². The molecule has 0 saturated carbocycles. The van der Waals surface area contributed by atoms with E-state index in [0.717, 1.165) is 25.1 Å². The van der Waals surface area contributed by atoms with Gasteiger partial charge in [-0.15, -0.1) is 0 Å². The summed E-state index contributed by atoms with van der Waals surface area (Å²) in [7, 11) is 0. The van der Waals surface area contributed by atoms with Gasteiger partial charge in [-0.2, -0.15) is 10.4 Å². The molecule has 0 aliphatic carbocycles. The summed E-state index contributed by atoms with van der Waals surface area (Å²) in [5, 5.41) is 12.3. The van der Waals surface area contributed by atoms with Gasteiger partial charge in [0.2, 0.25) is 0 Å². The van der Waals surface area contributed by atoms with Crippen molar-refractivity contribution >= 4 is 6.21 Å². The third-order valence-electron chi connectivity index (χ3n) is 2.99. The Labute approximate surface area is 102 Å². The summed E-state index contributed by atoms with van der Waals surface area (Å²) < 4.78 is 0. The summed E-state index contributed by atoms with van der Waals surface area (Å²) in [5.41, 5.74) is 1.90. The summed E-state index contributed by atoms with van der Waals surface area (Å²) in [4.78, 5) is 2.21. The van der Waals surface area contributed by atoms with Crippen LogP contribution in [0.3, 0.4) is 0 Å². The number of allylic oxidation sites excluding steroid dienone is 2. The monoisotopic (exact) mass is 230 g/mol. The second kappa shape index (κ2) is 5.90. The number of nitrogens with zero attached hydrogens (tertiary/aromatic N) is 3. The molecule has 0 aromatic carbocycles. The van der Waals surface area contributed by atoms with Gasteiger partial charge in [0.15, 0.2) is 0 Å². The molecule has 2 N–H and O–H groups in total. The van der Waals surface area contributed by atoms with E-state index in [4.69, 9.17) is 11.1 Å². The Hall–Kier alpha value is -2.02. The van der Waals surface area contributed by atoms with E-state index >= 15 is 0 Å². The minimum Gasteiger partial charge on any atom is -0.368 e. The summed E-state index contributed by atoms with van der Waals surface area (Å²) in [6.45, 7) is 10.7. The normalized spacial score (nSPS) is 20.6. The lowest BCUT2D eigenvalue weighted by atomic mass is 10.1. The van der Waals surface area contributed by atoms with Crippen LogP contribution >= 0.6 is 0 Å². The van der Waals surface area contributed by atoms with Gasteiger partial charge in [-0.05, 0) is 25.8 Å². The first-order chi connectivity index (χ1) is 8.11. The molecule has 1 fully saturated rings. The Morgan fingerprint density at radius 2 is 2.29 bits per heavy atom. The molecular formula is C13H18N4. The Kier molecular flexibility index (Phi) is 4.53. The van der Waals surface area contributed by atoms with Crippen LogP contribution in [-0.4, -0.2) is 23.7 Å². The highest BCUT2D eigenvalue weighted by atomic mass is 15.2. The van der Waals surface area contributed by atoms with Crippen molar-refractivity contribution in [3.05, 3.63) is 36.1 Å². The molecule has 90 valence electrons. The van der Waals surface area contributed by atoms with Crippen molar-refractivity contribution in [3.8, 4) is 6.07 Å². The van der Waals surface area contributed by atoms with Gasteiger partial charge in [-0.3, -0.25) is 0 Å². The summed E-state index contributed by atoms with van der Waals surface area (Å²) in [6.07, 6.45) is 5.58. The highest BCUT2D eigenvalue weighted by molar-refractivity contribution is 5.74. The Morgan fingerprint density at radius 1 is 1.59 bits per heavy atom. The van der Waals surface area contributed by atoms with Crippen molar-refractivity contribution in [1.82, 2.24) is 4.90 Å². The van der Waals surface area contributed by atoms with Gasteiger partial charge in [-0.1, -0.05) is 13.2 Å². The number of nitrogens with two attached hydrogens (primary N) is 1. The molecule has 0 amide bonds. The molecule has 0 spiro atoms. The molecule has 1 saturated heterocycles. The second-order valence-corrected chi connectivity index (χ2v) is 4.10. The molecule has 0 bridgehead atoms. The average Bonchev–Trinajstić information content (AvgIpc) is 2.75. The van der Waals surface area contributed by atoms with E-state index in [0.29, 0.717) is 17.2 Å². The van der Waals surface area contributed by atoms with Crippen molar-refractivity contribution in [2.45, 2.75) is 25.8 Å². The molecule has 0 aromatic heterocycles. The van der Waals surface area contributed by atoms with Gasteiger partial charge < -0.3 is 10.7 Å². The van der Waals surface area contributed by atoms with Crippen molar-refractivity contribution in [3.63, 3.8) is 0 Å². The van der Waals surface area contributed by atoms with E-state index in [-0.39, 0.29) is 0 Å². The van der Waals surface area contributed by atoms with Gasteiger partial charge in [0.05, 0.1) is 11.6 Å². The van der Waals surface area contributed by atoms with Gasteiger partial charge in [-0.25, -0.2) is 0 Å². The number of hydrazone groups is 1. The fraction of sp³-hybridized carbons (Fsp3) is 0.385.